The fourth-order valence-electron chi connectivity index (χ4n) is 5.77. The molecule has 2 aliphatic rings. The second-order valence-electron chi connectivity index (χ2n) is 10.6. The van der Waals surface area contributed by atoms with Crippen molar-refractivity contribution >= 4 is 17.0 Å². The van der Waals surface area contributed by atoms with E-state index in [0.29, 0.717) is 48.1 Å². The second kappa shape index (κ2) is 10.8. The molecule has 10 heteroatoms. The number of methoxy groups -OCH3 is 1. The predicted molar refractivity (Wildman–Crippen MR) is 150 cm³/mol. The zero-order chi connectivity index (χ0) is 28.6. The molecule has 41 heavy (non-hydrogen) atoms. The molecule has 6 rings (SSSR count). The Kier molecular flexibility index (Phi) is 7.07. The van der Waals surface area contributed by atoms with E-state index in [1.165, 1.54) is 6.20 Å². The van der Waals surface area contributed by atoms with E-state index >= 15 is 0 Å². The molecule has 4 aromatic rings. The summed E-state index contributed by atoms with van der Waals surface area (Å²) in [5.74, 6) is 0.653. The van der Waals surface area contributed by atoms with Gasteiger partial charge in [0.2, 0.25) is 0 Å². The zero-order valence-corrected chi connectivity index (χ0v) is 23.0. The van der Waals surface area contributed by atoms with Gasteiger partial charge < -0.3 is 23.9 Å². The molecular formula is C31H31N5O5. The number of nitriles is 1. The van der Waals surface area contributed by atoms with E-state index in [4.69, 9.17) is 24.5 Å². The SMILES string of the molecule is COCCn1c(CN2CCC(c3cccc4c3OC(C)(c3ccc(C#N)cn3)O4)CC2)nc2cc(C(=O)O)ccc21. The number of carboxylic acids is 1. The fraction of sp³-hybridized carbons (Fsp3) is 0.355. The summed E-state index contributed by atoms with van der Waals surface area (Å²) in [6, 6.07) is 16.7. The first-order valence-electron chi connectivity index (χ1n) is 13.7. The summed E-state index contributed by atoms with van der Waals surface area (Å²) in [6.07, 6.45) is 3.43. The number of pyridine rings is 1. The maximum Gasteiger partial charge on any atom is 0.335 e. The van der Waals surface area contributed by atoms with Gasteiger partial charge >= 0.3 is 5.97 Å². The topological polar surface area (TPSA) is 123 Å². The van der Waals surface area contributed by atoms with Crippen LogP contribution in [0.1, 0.15) is 58.7 Å². The Morgan fingerprint density at radius 2 is 2.02 bits per heavy atom. The minimum absolute atomic E-state index is 0.230. The number of para-hydroxylation sites is 1. The second-order valence-corrected chi connectivity index (χ2v) is 10.6. The molecule has 2 aromatic heterocycles. The van der Waals surface area contributed by atoms with Crippen LogP contribution in [0.3, 0.4) is 0 Å². The number of carbonyl (C=O) groups is 1. The molecule has 210 valence electrons. The van der Waals surface area contributed by atoms with Gasteiger partial charge in [0, 0.05) is 32.3 Å². The molecule has 0 bridgehead atoms. The third kappa shape index (κ3) is 5.10. The first kappa shape index (κ1) is 26.7. The van der Waals surface area contributed by atoms with Gasteiger partial charge in [0.25, 0.3) is 5.79 Å². The van der Waals surface area contributed by atoms with Crippen molar-refractivity contribution in [1.82, 2.24) is 19.4 Å². The summed E-state index contributed by atoms with van der Waals surface area (Å²) in [5.41, 5.74) is 4.05. The number of hydrogen-bond acceptors (Lipinski definition) is 8. The number of hydrogen-bond donors (Lipinski definition) is 1. The average Bonchev–Trinajstić information content (AvgIpc) is 3.52. The number of imidazole rings is 1. The highest BCUT2D eigenvalue weighted by molar-refractivity contribution is 5.92. The predicted octanol–water partition coefficient (Wildman–Crippen LogP) is 4.67. The van der Waals surface area contributed by atoms with Crippen LogP contribution in [0.15, 0.2) is 54.7 Å². The van der Waals surface area contributed by atoms with Crippen molar-refractivity contribution in [2.75, 3.05) is 26.8 Å². The molecule has 0 spiro atoms. The summed E-state index contributed by atoms with van der Waals surface area (Å²) in [5, 5.41) is 18.5. The molecule has 0 aliphatic carbocycles. The number of carboxylic acid groups (broad SMARTS) is 1. The Hall–Kier alpha value is -4.46. The van der Waals surface area contributed by atoms with Crippen molar-refractivity contribution in [3.63, 3.8) is 0 Å². The van der Waals surface area contributed by atoms with Crippen LogP contribution in [-0.2, 0) is 23.6 Å². The summed E-state index contributed by atoms with van der Waals surface area (Å²) >= 11 is 0. The first-order chi connectivity index (χ1) is 19.9. The Balaban J connectivity index is 1.17. The quantitative estimate of drug-likeness (QED) is 0.332. The number of fused-ring (bicyclic) bond motifs is 2. The number of aromatic nitrogens is 3. The number of nitrogens with zero attached hydrogens (tertiary/aromatic N) is 5. The van der Waals surface area contributed by atoms with Gasteiger partial charge in [-0.1, -0.05) is 12.1 Å². The summed E-state index contributed by atoms with van der Waals surface area (Å²) in [4.78, 5) is 23.1. The molecule has 0 amide bonds. The summed E-state index contributed by atoms with van der Waals surface area (Å²) < 4.78 is 20.1. The van der Waals surface area contributed by atoms with Crippen molar-refractivity contribution in [1.29, 1.82) is 5.26 Å². The number of likely N-dealkylation sites (tertiary alicyclic amines) is 1. The standard InChI is InChI=1S/C31H31N5O5/c1-31(27-9-6-20(17-32)18-33-27)40-26-5-3-4-23(29(26)41-31)21-10-12-35(13-11-21)19-28-34-24-16-22(30(37)38)7-8-25(24)36(28)14-15-39-2/h3-9,16,18,21H,10-15,19H2,1-2H3,(H,37,38). The number of rotatable bonds is 8. The third-order valence-corrected chi connectivity index (χ3v) is 7.95. The molecule has 4 heterocycles. The van der Waals surface area contributed by atoms with E-state index in [2.05, 4.69) is 26.6 Å². The maximum absolute atomic E-state index is 11.5. The molecule has 1 saturated heterocycles. The molecular weight excluding hydrogens is 522 g/mol. The zero-order valence-electron chi connectivity index (χ0n) is 23.0. The van der Waals surface area contributed by atoms with Crippen LogP contribution in [0.4, 0.5) is 0 Å². The minimum atomic E-state index is -1.06. The van der Waals surface area contributed by atoms with Crippen molar-refractivity contribution in [3.8, 4) is 17.6 Å². The lowest BCUT2D eigenvalue weighted by Gasteiger charge is -2.32. The van der Waals surface area contributed by atoms with E-state index in [1.807, 2.05) is 25.1 Å². The van der Waals surface area contributed by atoms with Gasteiger partial charge in [-0.25, -0.2) is 9.78 Å². The van der Waals surface area contributed by atoms with Crippen LogP contribution in [0.5, 0.6) is 11.5 Å². The van der Waals surface area contributed by atoms with E-state index in [1.54, 1.807) is 31.4 Å². The third-order valence-electron chi connectivity index (χ3n) is 7.95. The molecule has 1 fully saturated rings. The molecule has 2 aliphatic heterocycles. The maximum atomic E-state index is 11.5. The number of piperidine rings is 1. The Bertz CT molecular complexity index is 1640. The minimum Gasteiger partial charge on any atom is -0.478 e. The highest BCUT2D eigenvalue weighted by Crippen LogP contribution is 2.49. The average molecular weight is 554 g/mol. The van der Waals surface area contributed by atoms with E-state index in [9.17, 15) is 9.90 Å². The fourth-order valence-corrected chi connectivity index (χ4v) is 5.77. The molecule has 2 aromatic carbocycles. The molecule has 0 saturated carbocycles. The molecule has 10 nitrogen and oxygen atoms in total. The molecule has 1 N–H and O–H groups in total. The summed E-state index contributed by atoms with van der Waals surface area (Å²) in [6.45, 7) is 5.48. The van der Waals surface area contributed by atoms with Crippen LogP contribution < -0.4 is 9.47 Å². The lowest BCUT2D eigenvalue weighted by atomic mass is 9.88. The van der Waals surface area contributed by atoms with Crippen LogP contribution in [0.2, 0.25) is 0 Å². The van der Waals surface area contributed by atoms with Gasteiger partial charge in [0.15, 0.2) is 11.5 Å². The largest absolute Gasteiger partial charge is 0.478 e. The van der Waals surface area contributed by atoms with Crippen LogP contribution >= 0.6 is 0 Å². The molecule has 1 unspecified atom stereocenters. The van der Waals surface area contributed by atoms with Crippen molar-refractivity contribution < 1.29 is 24.1 Å². The van der Waals surface area contributed by atoms with Gasteiger partial charge in [0.1, 0.15) is 17.6 Å². The Labute approximate surface area is 237 Å². The Morgan fingerprint density at radius 1 is 1.20 bits per heavy atom. The van der Waals surface area contributed by atoms with Crippen LogP contribution in [-0.4, -0.2) is 57.3 Å². The van der Waals surface area contributed by atoms with Crippen LogP contribution in [0, 0.1) is 11.3 Å². The van der Waals surface area contributed by atoms with Crippen molar-refractivity contribution in [2.45, 2.75) is 44.6 Å². The first-order valence-corrected chi connectivity index (χ1v) is 13.7. The normalized spacial score (nSPS) is 19.0. The van der Waals surface area contributed by atoms with E-state index in [0.717, 1.165) is 48.6 Å². The molecule has 0 radical (unpaired) electrons. The number of aromatic carboxylic acids is 1. The number of ether oxygens (including phenoxy) is 3. The smallest absolute Gasteiger partial charge is 0.335 e. The lowest BCUT2D eigenvalue weighted by molar-refractivity contribution is -0.0722. The number of benzene rings is 2. The summed E-state index contributed by atoms with van der Waals surface area (Å²) in [7, 11) is 1.67. The monoisotopic (exact) mass is 553 g/mol. The highest BCUT2D eigenvalue weighted by atomic mass is 16.7. The van der Waals surface area contributed by atoms with Gasteiger partial charge in [-0.3, -0.25) is 9.88 Å². The highest BCUT2D eigenvalue weighted by Gasteiger charge is 2.42. The van der Waals surface area contributed by atoms with E-state index in [-0.39, 0.29) is 5.56 Å². The van der Waals surface area contributed by atoms with Gasteiger partial charge in [-0.2, -0.15) is 5.26 Å². The lowest BCUT2D eigenvalue weighted by Crippen LogP contribution is -2.34. The van der Waals surface area contributed by atoms with Gasteiger partial charge in [-0.05, 0) is 68.2 Å². The molecule has 1 atom stereocenters. The van der Waals surface area contributed by atoms with E-state index < -0.39 is 11.8 Å². The van der Waals surface area contributed by atoms with Crippen molar-refractivity contribution in [2.24, 2.45) is 0 Å². The van der Waals surface area contributed by atoms with Gasteiger partial charge in [-0.15, -0.1) is 0 Å². The van der Waals surface area contributed by atoms with Gasteiger partial charge in [0.05, 0.1) is 35.3 Å². The Morgan fingerprint density at radius 3 is 2.73 bits per heavy atom. The van der Waals surface area contributed by atoms with Crippen molar-refractivity contribution in [3.05, 3.63) is 82.9 Å². The van der Waals surface area contributed by atoms with Crippen LogP contribution in [0.25, 0.3) is 11.0 Å².